The first-order valence-electron chi connectivity index (χ1n) is 12.1. The molecular weight excluding hydrogens is 566 g/mol. The summed E-state index contributed by atoms with van der Waals surface area (Å²) in [6.45, 7) is 0. The van der Waals surface area contributed by atoms with Gasteiger partial charge in [0.05, 0.1) is 28.2 Å². The predicted molar refractivity (Wildman–Crippen MR) is 142 cm³/mol. The number of nitriles is 1. The average molecular weight is 589 g/mol. The molecule has 1 saturated heterocycles. The lowest BCUT2D eigenvalue weighted by molar-refractivity contribution is -0.593. The van der Waals surface area contributed by atoms with Gasteiger partial charge in [-0.15, -0.1) is 0 Å². The Morgan fingerprint density at radius 2 is 1.73 bits per heavy atom. The predicted octanol–water partition coefficient (Wildman–Crippen LogP) is 2.85. The number of aromatic nitrogens is 1. The Kier molecular flexibility index (Phi) is 8.37. The number of sulfone groups is 1. The van der Waals surface area contributed by atoms with Crippen LogP contribution in [0.15, 0.2) is 60.8 Å². The topological polar surface area (TPSA) is 143 Å². The minimum atomic E-state index is -3.38. The molecule has 2 aromatic carbocycles. The highest BCUT2D eigenvalue weighted by molar-refractivity contribution is 7.91. The third-order valence-electron chi connectivity index (χ3n) is 6.67. The fourth-order valence-electron chi connectivity index (χ4n) is 4.35. The second kappa shape index (κ2) is 11.6. The Hall–Kier alpha value is -4.08. The van der Waals surface area contributed by atoms with Crippen molar-refractivity contribution in [1.29, 1.82) is 5.26 Å². The Labute approximate surface area is 233 Å². The number of carbonyl (C=O) groups excluding carboxylic acids is 2. The lowest BCUT2D eigenvalue weighted by Crippen LogP contribution is -2.58. The van der Waals surface area contributed by atoms with Gasteiger partial charge in [0.2, 0.25) is 11.6 Å². The molecule has 2 amide bonds. The van der Waals surface area contributed by atoms with E-state index in [-0.39, 0.29) is 35.6 Å². The maximum absolute atomic E-state index is 14.5. The van der Waals surface area contributed by atoms with E-state index < -0.39 is 56.9 Å². The molecule has 1 aromatic heterocycles. The maximum atomic E-state index is 14.5. The molecule has 0 aliphatic carbocycles. The van der Waals surface area contributed by atoms with E-state index >= 15 is 0 Å². The monoisotopic (exact) mass is 588 g/mol. The van der Waals surface area contributed by atoms with Crippen LogP contribution in [0.2, 0.25) is 5.02 Å². The van der Waals surface area contributed by atoms with Gasteiger partial charge in [-0.1, -0.05) is 29.8 Å². The van der Waals surface area contributed by atoms with E-state index in [1.54, 1.807) is 24.3 Å². The summed E-state index contributed by atoms with van der Waals surface area (Å²) in [6, 6.07) is 12.8. The largest absolute Gasteiger partial charge is 0.618 e. The quantitative estimate of drug-likeness (QED) is 0.321. The van der Waals surface area contributed by atoms with E-state index in [0.29, 0.717) is 15.3 Å². The smallest absolute Gasteiger partial charge is 0.258 e. The van der Waals surface area contributed by atoms with Gasteiger partial charge in [-0.25, -0.2) is 17.2 Å². The summed E-state index contributed by atoms with van der Waals surface area (Å²) in [7, 11) is -3.38. The Morgan fingerprint density at radius 1 is 1.07 bits per heavy atom. The summed E-state index contributed by atoms with van der Waals surface area (Å²) < 4.78 is 53.0. The second-order valence-corrected chi connectivity index (χ2v) is 12.1. The van der Waals surface area contributed by atoms with Gasteiger partial charge < -0.3 is 15.8 Å². The SMILES string of the molecule is N#CC1(NC(=O)[C@H](Cc2c(F)cccc2F)NC(=O)c2ccc(-c3ccccc3Cl)[n+]([O-])c2)CCS(=O)(=O)CC1. The maximum Gasteiger partial charge on any atom is 0.258 e. The van der Waals surface area contributed by atoms with E-state index in [4.69, 9.17) is 11.6 Å². The van der Waals surface area contributed by atoms with Crippen LogP contribution in [-0.4, -0.2) is 43.3 Å². The second-order valence-electron chi connectivity index (χ2n) is 9.37. The van der Waals surface area contributed by atoms with Crippen molar-refractivity contribution in [1.82, 2.24) is 10.6 Å². The van der Waals surface area contributed by atoms with Crippen LogP contribution in [0.3, 0.4) is 0 Å². The molecule has 0 unspecified atom stereocenters. The number of nitrogens with one attached hydrogen (secondary N) is 2. The first-order valence-corrected chi connectivity index (χ1v) is 14.3. The lowest BCUT2D eigenvalue weighted by atomic mass is 9.93. The highest BCUT2D eigenvalue weighted by atomic mass is 35.5. The van der Waals surface area contributed by atoms with Crippen LogP contribution in [-0.2, 0) is 21.1 Å². The molecule has 3 aromatic rings. The van der Waals surface area contributed by atoms with Crippen molar-refractivity contribution in [3.05, 3.63) is 93.8 Å². The molecule has 1 fully saturated rings. The van der Waals surface area contributed by atoms with E-state index in [1.165, 1.54) is 12.1 Å². The van der Waals surface area contributed by atoms with E-state index in [0.717, 1.165) is 24.4 Å². The number of hydrogen-bond donors (Lipinski definition) is 2. The number of nitrogens with zero attached hydrogens (tertiary/aromatic N) is 2. The van der Waals surface area contributed by atoms with Crippen LogP contribution >= 0.6 is 11.6 Å². The van der Waals surface area contributed by atoms with Crippen LogP contribution in [0.5, 0.6) is 0 Å². The van der Waals surface area contributed by atoms with Crippen molar-refractivity contribution < 1.29 is 31.5 Å². The minimum Gasteiger partial charge on any atom is -0.618 e. The van der Waals surface area contributed by atoms with Crippen molar-refractivity contribution in [3.8, 4) is 17.3 Å². The Balaban J connectivity index is 1.61. The molecule has 1 aliphatic heterocycles. The molecule has 1 aliphatic rings. The van der Waals surface area contributed by atoms with Gasteiger partial charge in [0.1, 0.15) is 28.8 Å². The number of benzene rings is 2. The molecule has 13 heteroatoms. The Morgan fingerprint density at radius 3 is 2.33 bits per heavy atom. The normalized spacial score (nSPS) is 16.4. The summed E-state index contributed by atoms with van der Waals surface area (Å²) in [6.07, 6.45) is -0.0294. The zero-order valence-corrected chi connectivity index (χ0v) is 22.4. The molecule has 0 spiro atoms. The molecule has 208 valence electrons. The summed E-state index contributed by atoms with van der Waals surface area (Å²) in [4.78, 5) is 26.4. The van der Waals surface area contributed by atoms with Crippen LogP contribution in [0.1, 0.15) is 28.8 Å². The average Bonchev–Trinajstić information content (AvgIpc) is 2.92. The van der Waals surface area contributed by atoms with Crippen LogP contribution < -0.4 is 15.4 Å². The van der Waals surface area contributed by atoms with Crippen molar-refractivity contribution in [2.24, 2.45) is 0 Å². The van der Waals surface area contributed by atoms with Crippen LogP contribution in [0, 0.1) is 28.2 Å². The van der Waals surface area contributed by atoms with E-state index in [1.807, 2.05) is 6.07 Å². The zero-order chi connectivity index (χ0) is 29.1. The number of rotatable bonds is 7. The molecule has 1 atom stereocenters. The van der Waals surface area contributed by atoms with Crippen molar-refractivity contribution in [2.75, 3.05) is 11.5 Å². The van der Waals surface area contributed by atoms with Crippen molar-refractivity contribution in [2.45, 2.75) is 30.8 Å². The fraction of sp³-hybridized carbons (Fsp3) is 0.259. The van der Waals surface area contributed by atoms with E-state index in [9.17, 15) is 37.3 Å². The molecule has 0 saturated carbocycles. The zero-order valence-electron chi connectivity index (χ0n) is 20.9. The van der Waals surface area contributed by atoms with Crippen LogP contribution in [0.4, 0.5) is 8.78 Å². The van der Waals surface area contributed by atoms with Gasteiger partial charge in [-0.05, 0) is 43.2 Å². The van der Waals surface area contributed by atoms with Gasteiger partial charge in [-0.2, -0.15) is 9.99 Å². The summed E-state index contributed by atoms with van der Waals surface area (Å²) in [5.74, 6) is -4.41. The summed E-state index contributed by atoms with van der Waals surface area (Å²) in [5, 5.41) is 27.6. The molecule has 4 rings (SSSR count). The highest BCUT2D eigenvalue weighted by Crippen LogP contribution is 2.26. The summed E-state index contributed by atoms with van der Waals surface area (Å²) in [5.41, 5.74) is -1.60. The number of pyridine rings is 1. The van der Waals surface area contributed by atoms with E-state index in [2.05, 4.69) is 10.6 Å². The van der Waals surface area contributed by atoms with Gasteiger partial charge >= 0.3 is 0 Å². The molecule has 2 heterocycles. The molecular formula is C27H23ClF2N4O5S. The van der Waals surface area contributed by atoms with Gasteiger partial charge in [0, 0.05) is 18.1 Å². The first-order chi connectivity index (χ1) is 18.9. The highest BCUT2D eigenvalue weighted by Gasteiger charge is 2.40. The van der Waals surface area contributed by atoms with Gasteiger partial charge in [0.15, 0.2) is 16.0 Å². The molecule has 9 nitrogen and oxygen atoms in total. The number of hydrogen-bond acceptors (Lipinski definition) is 6. The summed E-state index contributed by atoms with van der Waals surface area (Å²) >= 11 is 6.16. The molecule has 40 heavy (non-hydrogen) atoms. The standard InChI is InChI=1S/C27H23ClF2N4O5S/c28-20-5-2-1-4-18(20)24-9-8-17(15-34(24)37)25(35)32-23(14-19-21(29)6-3-7-22(19)30)26(36)33-27(16-31)10-12-40(38,39)13-11-27/h1-9,15,23H,10-14H2,(H,32,35)(H,33,36)/t23-/m0/s1. The molecule has 0 radical (unpaired) electrons. The first kappa shape index (κ1) is 28.9. The van der Waals surface area contributed by atoms with Gasteiger partial charge in [0.25, 0.3) is 5.91 Å². The minimum absolute atomic E-state index is 0.156. The third-order valence-corrected chi connectivity index (χ3v) is 8.66. The molecule has 2 N–H and O–H groups in total. The lowest BCUT2D eigenvalue weighted by Gasteiger charge is -2.33. The third kappa shape index (κ3) is 6.38. The fourth-order valence-corrected chi connectivity index (χ4v) is 6.10. The molecule has 0 bridgehead atoms. The van der Waals surface area contributed by atoms with Crippen molar-refractivity contribution >= 4 is 33.3 Å². The number of halogens is 3. The van der Waals surface area contributed by atoms with Crippen LogP contribution in [0.25, 0.3) is 11.3 Å². The Bertz CT molecular complexity index is 1590. The van der Waals surface area contributed by atoms with Gasteiger partial charge in [-0.3, -0.25) is 9.59 Å². The van der Waals surface area contributed by atoms with Crippen molar-refractivity contribution in [3.63, 3.8) is 0 Å². The number of carbonyl (C=O) groups is 2. The number of amides is 2.